The number of aliphatic hydroxyl groups is 1. The SMILES string of the molecule is Cc1[nH]c2c(-c3cc(C(F)(F)F)ccc3OCC3CC3)ncnc2c1C(=O)NC1CN(C(=O)CO)CC12CC2. The lowest BCUT2D eigenvalue weighted by molar-refractivity contribution is -0.137. The number of H-pyrrole nitrogens is 1. The van der Waals surface area contributed by atoms with Crippen LogP contribution < -0.4 is 10.1 Å². The number of nitrogens with one attached hydrogen (secondary N) is 2. The summed E-state index contributed by atoms with van der Waals surface area (Å²) in [5, 5.41) is 12.3. The van der Waals surface area contributed by atoms with Crippen LogP contribution in [0.4, 0.5) is 13.2 Å². The molecule has 39 heavy (non-hydrogen) atoms. The smallest absolute Gasteiger partial charge is 0.416 e. The molecule has 2 aliphatic carbocycles. The molecule has 1 spiro atoms. The minimum absolute atomic E-state index is 0.164. The predicted octanol–water partition coefficient (Wildman–Crippen LogP) is 3.45. The molecule has 3 aliphatic rings. The number of amides is 2. The molecule has 2 saturated carbocycles. The normalized spacial score (nSPS) is 20.0. The molecule has 12 heteroatoms. The number of ether oxygens (including phenoxy) is 1. The number of rotatable bonds is 7. The number of hydrogen-bond acceptors (Lipinski definition) is 6. The van der Waals surface area contributed by atoms with E-state index in [4.69, 9.17) is 4.74 Å². The lowest BCUT2D eigenvalue weighted by atomic mass is 10.00. The molecular weight excluding hydrogens is 515 g/mol. The van der Waals surface area contributed by atoms with Gasteiger partial charge in [0, 0.05) is 29.8 Å². The first-order chi connectivity index (χ1) is 18.6. The number of aliphatic hydroxyl groups excluding tert-OH is 1. The summed E-state index contributed by atoms with van der Waals surface area (Å²) in [6.45, 7) is 2.30. The van der Waals surface area contributed by atoms with E-state index in [0.717, 1.165) is 37.8 Å². The van der Waals surface area contributed by atoms with E-state index in [-0.39, 0.29) is 45.5 Å². The fourth-order valence-corrected chi connectivity index (χ4v) is 5.47. The summed E-state index contributed by atoms with van der Waals surface area (Å²) in [6, 6.07) is 3.04. The molecule has 6 rings (SSSR count). The number of carbonyl (C=O) groups is 2. The second kappa shape index (κ2) is 9.22. The summed E-state index contributed by atoms with van der Waals surface area (Å²) < 4.78 is 46.8. The number of likely N-dealkylation sites (tertiary alicyclic amines) is 1. The quantitative estimate of drug-likeness (QED) is 0.420. The van der Waals surface area contributed by atoms with Crippen molar-refractivity contribution in [3.05, 3.63) is 41.3 Å². The minimum atomic E-state index is -4.56. The van der Waals surface area contributed by atoms with Crippen LogP contribution in [0.1, 0.15) is 47.3 Å². The fraction of sp³-hybridized carbons (Fsp3) is 0.481. The summed E-state index contributed by atoms with van der Waals surface area (Å²) in [5.74, 6) is -0.0994. The van der Waals surface area contributed by atoms with E-state index in [2.05, 4.69) is 20.3 Å². The van der Waals surface area contributed by atoms with Crippen molar-refractivity contribution in [3.8, 4) is 17.0 Å². The van der Waals surface area contributed by atoms with Gasteiger partial charge in [-0.3, -0.25) is 9.59 Å². The molecule has 1 aliphatic heterocycles. The topological polar surface area (TPSA) is 120 Å². The largest absolute Gasteiger partial charge is 0.493 e. The Kier molecular flexibility index (Phi) is 6.05. The van der Waals surface area contributed by atoms with E-state index in [1.807, 2.05) is 0 Å². The number of aromatic nitrogens is 3. The molecule has 1 saturated heterocycles. The number of aromatic amines is 1. The average molecular weight is 544 g/mol. The van der Waals surface area contributed by atoms with Gasteiger partial charge < -0.3 is 25.0 Å². The molecule has 9 nitrogen and oxygen atoms in total. The second-order valence-corrected chi connectivity index (χ2v) is 10.9. The standard InChI is InChI=1S/C27H28F3N5O4/c1-14-21(25(38)34-19-9-35(20(37)10-36)12-26(19)6-7-26)23-24(33-14)22(31-13-32-23)17-8-16(27(28,29)30)4-5-18(17)39-11-15-2-3-15/h4-5,8,13,15,19,33,36H,2-3,6-7,9-12H2,1H3,(H,34,38). The third-order valence-electron chi connectivity index (χ3n) is 8.07. The van der Waals surface area contributed by atoms with Gasteiger partial charge in [-0.1, -0.05) is 0 Å². The Bertz CT molecular complexity index is 1460. The summed E-state index contributed by atoms with van der Waals surface area (Å²) >= 11 is 0. The van der Waals surface area contributed by atoms with Gasteiger partial charge in [0.15, 0.2) is 0 Å². The molecule has 3 N–H and O–H groups in total. The second-order valence-electron chi connectivity index (χ2n) is 10.9. The van der Waals surface area contributed by atoms with Gasteiger partial charge >= 0.3 is 6.18 Å². The van der Waals surface area contributed by atoms with Crippen LogP contribution in [0.15, 0.2) is 24.5 Å². The molecule has 3 aromatic rings. The van der Waals surface area contributed by atoms with Crippen LogP contribution in [-0.4, -0.2) is 69.1 Å². The van der Waals surface area contributed by atoms with Crippen molar-refractivity contribution in [3.63, 3.8) is 0 Å². The van der Waals surface area contributed by atoms with Crippen molar-refractivity contribution in [2.75, 3.05) is 26.3 Å². The van der Waals surface area contributed by atoms with Crippen molar-refractivity contribution >= 4 is 22.8 Å². The highest BCUT2D eigenvalue weighted by Crippen LogP contribution is 2.53. The first-order valence-corrected chi connectivity index (χ1v) is 13.0. The van der Waals surface area contributed by atoms with Crippen molar-refractivity contribution in [2.24, 2.45) is 11.3 Å². The zero-order valence-corrected chi connectivity index (χ0v) is 21.3. The molecule has 0 bridgehead atoms. The first-order valence-electron chi connectivity index (χ1n) is 13.0. The highest BCUT2D eigenvalue weighted by atomic mass is 19.4. The lowest BCUT2D eigenvalue weighted by Crippen LogP contribution is -2.42. The van der Waals surface area contributed by atoms with Crippen LogP contribution >= 0.6 is 0 Å². The van der Waals surface area contributed by atoms with Crippen LogP contribution in [0.5, 0.6) is 5.75 Å². The van der Waals surface area contributed by atoms with Gasteiger partial charge in [-0.05, 0) is 56.7 Å². The molecule has 3 heterocycles. The van der Waals surface area contributed by atoms with E-state index in [0.29, 0.717) is 36.8 Å². The lowest BCUT2D eigenvalue weighted by Gasteiger charge is -2.18. The fourth-order valence-electron chi connectivity index (χ4n) is 5.47. The van der Waals surface area contributed by atoms with E-state index in [1.54, 1.807) is 11.8 Å². The van der Waals surface area contributed by atoms with Crippen molar-refractivity contribution in [2.45, 2.75) is 44.8 Å². The molecule has 2 aromatic heterocycles. The van der Waals surface area contributed by atoms with Gasteiger partial charge in [-0.25, -0.2) is 9.97 Å². The summed E-state index contributed by atoms with van der Waals surface area (Å²) in [6.07, 6.45) is 0.452. The van der Waals surface area contributed by atoms with Crippen LogP contribution in [-0.2, 0) is 11.0 Å². The number of halogens is 3. The number of alkyl halides is 3. The third-order valence-corrected chi connectivity index (χ3v) is 8.07. The first kappa shape index (κ1) is 25.6. The Morgan fingerprint density at radius 3 is 2.69 bits per heavy atom. The van der Waals surface area contributed by atoms with Crippen molar-refractivity contribution < 1.29 is 32.6 Å². The number of benzene rings is 1. The van der Waals surface area contributed by atoms with Crippen LogP contribution in [0.3, 0.4) is 0 Å². The highest BCUT2D eigenvalue weighted by molar-refractivity contribution is 6.09. The van der Waals surface area contributed by atoms with E-state index in [1.165, 1.54) is 12.4 Å². The number of aryl methyl sites for hydroxylation is 1. The maximum absolute atomic E-state index is 13.6. The summed E-state index contributed by atoms with van der Waals surface area (Å²) in [7, 11) is 0. The zero-order chi connectivity index (χ0) is 27.5. The van der Waals surface area contributed by atoms with E-state index < -0.39 is 24.3 Å². The summed E-state index contributed by atoms with van der Waals surface area (Å²) in [5.41, 5.74) is 0.711. The Morgan fingerprint density at radius 1 is 1.26 bits per heavy atom. The third kappa shape index (κ3) is 4.70. The Hall–Kier alpha value is -3.67. The monoisotopic (exact) mass is 543 g/mol. The Morgan fingerprint density at radius 2 is 2.03 bits per heavy atom. The molecule has 0 radical (unpaired) electrons. The van der Waals surface area contributed by atoms with Crippen LogP contribution in [0.2, 0.25) is 0 Å². The summed E-state index contributed by atoms with van der Waals surface area (Å²) in [4.78, 5) is 38.9. The maximum Gasteiger partial charge on any atom is 0.416 e. The molecule has 1 atom stereocenters. The predicted molar refractivity (Wildman–Crippen MR) is 134 cm³/mol. The number of hydrogen-bond donors (Lipinski definition) is 3. The number of nitrogens with zero attached hydrogens (tertiary/aromatic N) is 3. The molecule has 2 amide bonds. The van der Waals surface area contributed by atoms with Gasteiger partial charge in [0.25, 0.3) is 5.91 Å². The highest BCUT2D eigenvalue weighted by Gasteiger charge is 2.56. The van der Waals surface area contributed by atoms with Crippen molar-refractivity contribution in [1.29, 1.82) is 0 Å². The van der Waals surface area contributed by atoms with Crippen molar-refractivity contribution in [1.82, 2.24) is 25.2 Å². The molecular formula is C27H28F3N5O4. The van der Waals surface area contributed by atoms with Gasteiger partial charge in [0.1, 0.15) is 29.9 Å². The Labute approximate surface area is 221 Å². The van der Waals surface area contributed by atoms with Crippen LogP contribution in [0, 0.1) is 18.3 Å². The van der Waals surface area contributed by atoms with Gasteiger partial charge in [0.2, 0.25) is 5.91 Å². The van der Waals surface area contributed by atoms with Gasteiger partial charge in [-0.2, -0.15) is 13.2 Å². The number of fused-ring (bicyclic) bond motifs is 1. The maximum atomic E-state index is 13.6. The minimum Gasteiger partial charge on any atom is -0.493 e. The molecule has 3 fully saturated rings. The molecule has 1 unspecified atom stereocenters. The van der Waals surface area contributed by atoms with Gasteiger partial charge in [-0.15, -0.1) is 0 Å². The zero-order valence-electron chi connectivity index (χ0n) is 21.3. The van der Waals surface area contributed by atoms with Crippen LogP contribution in [0.25, 0.3) is 22.3 Å². The molecule has 1 aromatic carbocycles. The number of carbonyl (C=O) groups excluding carboxylic acids is 2. The van der Waals surface area contributed by atoms with Gasteiger partial charge in [0.05, 0.1) is 29.3 Å². The van der Waals surface area contributed by atoms with E-state index >= 15 is 0 Å². The molecule has 206 valence electrons. The average Bonchev–Trinajstić information content (AvgIpc) is 3.81. The Balaban J connectivity index is 1.35. The van der Waals surface area contributed by atoms with E-state index in [9.17, 15) is 27.9 Å².